The predicted molar refractivity (Wildman–Crippen MR) is 544 cm³/mol. The van der Waals surface area contributed by atoms with Crippen LogP contribution in [-0.4, -0.2) is 19.1 Å². The number of para-hydroxylation sites is 6. The normalized spacial score (nSPS) is 15.7. The van der Waals surface area contributed by atoms with E-state index in [4.69, 9.17) is 40.1 Å². The molecule has 2 aliphatic heterocycles. The van der Waals surface area contributed by atoms with E-state index in [0.29, 0.717) is 47.0 Å². The van der Waals surface area contributed by atoms with E-state index in [1.807, 2.05) is 114 Å². The Hall–Kier alpha value is -14.8. The molecular weight excluding hydrogens is 1980 g/mol. The fourth-order valence-electron chi connectivity index (χ4n) is 17.3. The third kappa shape index (κ3) is 16.7. The Bertz CT molecular complexity index is 9590. The first kappa shape index (κ1) is 56.7. The van der Waals surface area contributed by atoms with Crippen molar-refractivity contribution in [2.75, 3.05) is 19.6 Å². The number of nitrogens with zero attached hydrogens (tertiary/aromatic N) is 8. The van der Waals surface area contributed by atoms with E-state index in [0.717, 1.165) is 88.6 Å². The number of anilines is 8. The van der Waals surface area contributed by atoms with Crippen molar-refractivity contribution in [2.24, 2.45) is 0 Å². The molecule has 2 aliphatic rings. The summed E-state index contributed by atoms with van der Waals surface area (Å²) in [6.07, 6.45) is 4.43. The number of hydrogen-bond donors (Lipinski definition) is 0. The van der Waals surface area contributed by atoms with Gasteiger partial charge in [0.2, 0.25) is 0 Å². The summed E-state index contributed by atoms with van der Waals surface area (Å²) in [5.41, 5.74) is 7.19. The van der Waals surface area contributed by atoms with E-state index in [1.54, 1.807) is 58.9 Å². The molecule has 0 saturated heterocycles. The summed E-state index contributed by atoms with van der Waals surface area (Å²) in [5.74, 6) is 1.50. The van der Waals surface area contributed by atoms with Crippen LogP contribution in [0, 0.1) is 37.6 Å². The van der Waals surface area contributed by atoms with E-state index in [-0.39, 0.29) is 97.7 Å². The van der Waals surface area contributed by atoms with Gasteiger partial charge in [-0.05, 0) is 175 Å². The summed E-state index contributed by atoms with van der Waals surface area (Å²) in [7, 11) is 0. The molecule has 6 heterocycles. The SMILES string of the molecule is [2H]c1c([2H])c([2H])c(-c2c([2H])c(-c3c([2H])c([2H])c([2H])c([2H])c3[2H])c(N3[CH-]N(c4[c-]c(Cc5[c-]c6c(cc5)c5ccccc5n6-c5cc(C(C)(C)C)ccn5)ccc4)c4ccccc43)c(-c3c([2H])c([2H])c([2H])c([2H])c3[2H])c2[2H])c([2H])c1[2H].[2H]c1c([2H])c([2H])c(-c2cc(-c3c([2H])c([2H])c([2H])c([2H])c3[2H])c(N3[CH-]N(c4[c-]c(Cc5[c-]c6c(cc5)c5ccccc5n6-c5cc(C(C)(C)c6ccccc6)ccn5)ccc4)c4ccccc43)c(-c3c([2H])c([2H])c([2H])c([2H])c3[2H])c2)c([2H])c1[2H].[Pt].[Pt]. The van der Waals surface area contributed by atoms with Crippen molar-refractivity contribution >= 4 is 89.1 Å². The maximum absolute atomic E-state index is 10.1. The second-order valence-electron chi connectivity index (χ2n) is 33.1. The maximum atomic E-state index is 10.1. The summed E-state index contributed by atoms with van der Waals surface area (Å²) < 4.78 is 291. The second kappa shape index (κ2) is 36.9. The van der Waals surface area contributed by atoms with Gasteiger partial charge in [-0.2, -0.15) is 107 Å². The van der Waals surface area contributed by atoms with E-state index in [9.17, 15) is 13.7 Å². The molecule has 0 amide bonds. The molecule has 8 nitrogen and oxygen atoms in total. The third-order valence-corrected chi connectivity index (χ3v) is 23.7. The summed E-state index contributed by atoms with van der Waals surface area (Å²) in [6.45, 7) is 14.1. The van der Waals surface area contributed by atoms with Crippen molar-refractivity contribution in [3.05, 3.63) is 507 Å². The Morgan fingerprint density at radius 1 is 0.293 bits per heavy atom. The third-order valence-electron chi connectivity index (χ3n) is 23.7. The molecule has 10 heteroatoms. The number of rotatable bonds is 18. The zero-order valence-corrected chi connectivity index (χ0v) is 76.3. The van der Waals surface area contributed by atoms with Crippen molar-refractivity contribution < 1.29 is 86.0 Å². The summed E-state index contributed by atoms with van der Waals surface area (Å²) in [6, 6.07) is 61.8. The average molecular weight is 2100 g/mol. The first-order valence-corrected chi connectivity index (χ1v) is 42.4. The van der Waals surface area contributed by atoms with Gasteiger partial charge >= 0.3 is 0 Å². The molecule has 0 spiro atoms. The Kier molecular flexibility index (Phi) is 15.7. The molecule has 21 aromatic rings. The van der Waals surface area contributed by atoms with Crippen LogP contribution in [0.5, 0.6) is 0 Å². The van der Waals surface area contributed by atoms with Gasteiger partial charge in [0.1, 0.15) is 11.6 Å². The number of hydrogen-bond acceptors (Lipinski definition) is 6. The zero-order valence-electron chi connectivity index (χ0n) is 104. The van der Waals surface area contributed by atoms with Gasteiger partial charge in [0.25, 0.3) is 0 Å². The topological polar surface area (TPSA) is 48.6 Å². The summed E-state index contributed by atoms with van der Waals surface area (Å²) >= 11 is 0. The number of benzene rings is 17. The molecule has 0 bridgehead atoms. The van der Waals surface area contributed by atoms with Crippen LogP contribution in [-0.2, 0) is 65.8 Å². The number of fused-ring (bicyclic) bond motifs is 8. The van der Waals surface area contributed by atoms with Crippen LogP contribution >= 0.6 is 0 Å². The molecule has 133 heavy (non-hydrogen) atoms. The van der Waals surface area contributed by atoms with Gasteiger partial charge in [0.15, 0.2) is 0 Å². The van der Waals surface area contributed by atoms with Gasteiger partial charge in [-0.15, -0.1) is 35.5 Å². The van der Waals surface area contributed by atoms with Gasteiger partial charge in [-0.3, -0.25) is 0 Å². The Morgan fingerprint density at radius 3 is 1.08 bits per heavy atom. The standard InChI is InChI=1S/C64H47N4.C59H45N4.2Pt/c1-64(2,51-27-13-6-14-28-51)52-36-37-65-62(43-52)68-58-31-16-15-30-54(58)55-35-34-46(40-61(55)68)38-45-20-19-29-53(39-45)66-44-67(60-33-18-17-32-59(60)66)63-56(48-23-9-4-10-24-48)41-50(47-21-7-3-8-22-47)42-57(63)49-25-11-5-12-26-49;1-59(2,3)47-32-33-60-57(39-47)63-53-27-14-13-26-49(53)50-31-30-42(36-56(50)63)34-41-18-17-25-48(35-41)61-40-62(55-29-16-15-28-54(55)61)58-51(44-21-9-5-10-22-44)37-46(43-19-7-4-8-20-43)38-52(58)45-23-11-6-12-24-45;;/h3-37,41-44H,38H2,1-2H3;4-33,37-40H,34H2,1-3H3;;/q2*-3;;/i3D,4D,5D,7D,8D,9D,10D,11D,12D,21D,22D,23D,24D,25D,26D;4D,5D,6D,7D,8D,9D,10D,11D,12D,19D,20D,21D,22D,23D,24D,37D,38D;;. The van der Waals surface area contributed by atoms with Crippen LogP contribution in [0.3, 0.4) is 0 Å². The van der Waals surface area contributed by atoms with Gasteiger partial charge in [-0.25, -0.2) is 9.97 Å². The van der Waals surface area contributed by atoms with Crippen LogP contribution in [0.15, 0.2) is 430 Å². The van der Waals surface area contributed by atoms with Gasteiger partial charge in [-0.1, -0.05) is 318 Å². The minimum atomic E-state index is -0.854. The van der Waals surface area contributed by atoms with E-state index < -0.39 is 227 Å². The molecule has 0 aliphatic carbocycles. The molecule has 4 aromatic heterocycles. The van der Waals surface area contributed by atoms with Crippen LogP contribution in [0.4, 0.5) is 45.5 Å². The summed E-state index contributed by atoms with van der Waals surface area (Å²) in [5, 5.41) is 4.09. The van der Waals surface area contributed by atoms with E-state index in [2.05, 4.69) is 141 Å². The van der Waals surface area contributed by atoms with Crippen molar-refractivity contribution in [1.82, 2.24) is 19.1 Å². The first-order chi connectivity index (χ1) is 77.6. The van der Waals surface area contributed by atoms with Crippen molar-refractivity contribution in [1.29, 1.82) is 0 Å². The Morgan fingerprint density at radius 2 is 0.647 bits per heavy atom. The molecule has 650 valence electrons. The van der Waals surface area contributed by atoms with Crippen molar-refractivity contribution in [3.63, 3.8) is 0 Å². The maximum Gasteiger partial charge on any atom is 0.135 e. The van der Waals surface area contributed by atoms with Gasteiger partial charge < -0.3 is 28.7 Å². The monoisotopic (exact) mass is 2100 g/mol. The fraction of sp³-hybridized carbons (Fsp3) is 0.0732. The quantitative estimate of drug-likeness (QED) is 0.0798. The number of aromatic nitrogens is 4. The van der Waals surface area contributed by atoms with Crippen molar-refractivity contribution in [2.45, 2.75) is 58.3 Å². The van der Waals surface area contributed by atoms with E-state index in [1.165, 1.54) is 29.3 Å². The van der Waals surface area contributed by atoms with Crippen LogP contribution in [0.25, 0.3) is 122 Å². The molecule has 0 fully saturated rings. The van der Waals surface area contributed by atoms with Gasteiger partial charge in [0, 0.05) is 127 Å². The molecule has 0 N–H and O–H groups in total. The molecule has 0 radical (unpaired) electrons. The summed E-state index contributed by atoms with van der Waals surface area (Å²) in [4.78, 5) is 16.4. The minimum Gasteiger partial charge on any atom is -0.493 e. The Labute approximate surface area is 852 Å². The molecule has 0 saturated carbocycles. The number of pyridine rings is 2. The van der Waals surface area contributed by atoms with Crippen LogP contribution in [0.1, 0.15) is 117 Å². The first-order valence-electron chi connectivity index (χ1n) is 58.4. The molecule has 0 atom stereocenters. The molecular formula is C123H92N8Pt2-6. The zero-order chi connectivity index (χ0) is 116. The van der Waals surface area contributed by atoms with Crippen LogP contribution in [0.2, 0.25) is 0 Å². The second-order valence-corrected chi connectivity index (χ2v) is 33.1. The smallest absolute Gasteiger partial charge is 0.135 e. The average Bonchev–Trinajstić information content (AvgIpc) is 1.68. The predicted octanol–water partition coefficient (Wildman–Crippen LogP) is 31.2. The molecule has 23 rings (SSSR count). The van der Waals surface area contributed by atoms with Gasteiger partial charge in [0.05, 0.1) is 43.9 Å². The molecule has 0 unspecified atom stereocenters. The van der Waals surface area contributed by atoms with Crippen LogP contribution < -0.4 is 19.6 Å². The van der Waals surface area contributed by atoms with Crippen molar-refractivity contribution in [3.8, 4) is 78.4 Å². The largest absolute Gasteiger partial charge is 0.493 e. The fourth-order valence-corrected chi connectivity index (χ4v) is 17.3. The minimum absolute atomic E-state index is 0. The molecule has 17 aromatic carbocycles. The van der Waals surface area contributed by atoms with E-state index >= 15 is 0 Å². The Balaban J connectivity index is 0.000000193.